The van der Waals surface area contributed by atoms with Gasteiger partial charge in [0.15, 0.2) is 0 Å². The molecule has 1 aliphatic heterocycles. The maximum atomic E-state index is 11.5. The van der Waals surface area contributed by atoms with E-state index >= 15 is 0 Å². The smallest absolute Gasteiger partial charge is 0.339 e. The fourth-order valence-corrected chi connectivity index (χ4v) is 3.67. The molecule has 6 nitrogen and oxygen atoms in total. The van der Waals surface area contributed by atoms with Crippen molar-refractivity contribution in [3.63, 3.8) is 0 Å². The zero-order chi connectivity index (χ0) is 18.1. The van der Waals surface area contributed by atoms with Crippen molar-refractivity contribution in [2.75, 3.05) is 18.0 Å². The minimum atomic E-state index is -0.946. The van der Waals surface area contributed by atoms with Gasteiger partial charge in [0.2, 0.25) is 0 Å². The molecule has 0 unspecified atom stereocenters. The van der Waals surface area contributed by atoms with Gasteiger partial charge in [-0.1, -0.05) is 30.3 Å². The Labute approximate surface area is 151 Å². The molecule has 2 aromatic heterocycles. The van der Waals surface area contributed by atoms with E-state index in [9.17, 15) is 9.90 Å². The number of carboxylic acid groups (broad SMARTS) is 1. The number of pyridine rings is 1. The Morgan fingerprint density at radius 1 is 1.08 bits per heavy atom. The molecule has 0 bridgehead atoms. The summed E-state index contributed by atoms with van der Waals surface area (Å²) in [7, 11) is 1.98. The zero-order valence-corrected chi connectivity index (χ0v) is 14.6. The van der Waals surface area contributed by atoms with Crippen LogP contribution in [0.5, 0.6) is 0 Å². The third-order valence-electron chi connectivity index (χ3n) is 4.84. The molecule has 26 heavy (non-hydrogen) atoms. The first-order valence-electron chi connectivity index (χ1n) is 8.68. The van der Waals surface area contributed by atoms with E-state index in [1.807, 2.05) is 29.9 Å². The summed E-state index contributed by atoms with van der Waals surface area (Å²) in [6.45, 7) is 1.42. The lowest BCUT2D eigenvalue weighted by Crippen LogP contribution is -2.29. The molecular formula is C20H20N4O2. The Morgan fingerprint density at radius 2 is 1.85 bits per heavy atom. The molecule has 0 saturated carbocycles. The Bertz CT molecular complexity index is 950. The molecule has 6 heteroatoms. The number of nitrogens with zero attached hydrogens (tertiary/aromatic N) is 4. The van der Waals surface area contributed by atoms with Crippen LogP contribution in [0.3, 0.4) is 0 Å². The van der Waals surface area contributed by atoms with Gasteiger partial charge in [-0.3, -0.25) is 4.68 Å². The van der Waals surface area contributed by atoms with Crippen LogP contribution in [0.1, 0.15) is 21.6 Å². The number of carbonyl (C=O) groups is 1. The first-order valence-corrected chi connectivity index (χ1v) is 8.68. The number of aryl methyl sites for hydroxylation is 1. The van der Waals surface area contributed by atoms with Gasteiger partial charge in [0, 0.05) is 43.9 Å². The van der Waals surface area contributed by atoms with Crippen molar-refractivity contribution in [1.29, 1.82) is 0 Å². The first kappa shape index (κ1) is 16.3. The fraction of sp³-hybridized carbons (Fsp3) is 0.250. The summed E-state index contributed by atoms with van der Waals surface area (Å²) in [6, 6.07) is 13.5. The van der Waals surface area contributed by atoms with Crippen molar-refractivity contribution in [3.05, 3.63) is 65.5 Å². The second-order valence-electron chi connectivity index (χ2n) is 6.43. The van der Waals surface area contributed by atoms with Gasteiger partial charge in [0.05, 0.1) is 11.4 Å². The average molecular weight is 348 g/mol. The molecule has 0 fully saturated rings. The Morgan fingerprint density at radius 3 is 2.62 bits per heavy atom. The van der Waals surface area contributed by atoms with E-state index in [-0.39, 0.29) is 5.56 Å². The van der Waals surface area contributed by atoms with E-state index in [2.05, 4.69) is 22.0 Å². The maximum Gasteiger partial charge on any atom is 0.339 e. The predicted molar refractivity (Wildman–Crippen MR) is 99.5 cm³/mol. The normalized spacial score (nSPS) is 14.0. The molecule has 0 spiro atoms. The molecule has 0 aliphatic carbocycles. The van der Waals surface area contributed by atoms with Crippen molar-refractivity contribution in [2.24, 2.45) is 7.05 Å². The quantitative estimate of drug-likeness (QED) is 0.788. The Hall–Kier alpha value is -3.15. The standard InChI is InChI=1S/C20H20N4O2/c1-23-18(14-6-3-2-4-7-14)15-9-12-24(13-10-17(15)22-23)19-16(20(25)26)8-5-11-21-19/h2-8,11H,9-10,12-13H2,1H3,(H,25,26). The number of rotatable bonds is 3. The van der Waals surface area contributed by atoms with Crippen LogP contribution >= 0.6 is 0 Å². The third-order valence-corrected chi connectivity index (χ3v) is 4.84. The van der Waals surface area contributed by atoms with Gasteiger partial charge in [-0.05, 0) is 18.6 Å². The van der Waals surface area contributed by atoms with Crippen LogP contribution in [0.4, 0.5) is 5.82 Å². The molecule has 1 N–H and O–H groups in total. The summed E-state index contributed by atoms with van der Waals surface area (Å²) in [5.41, 5.74) is 4.87. The Balaban J connectivity index is 1.67. The van der Waals surface area contributed by atoms with E-state index in [0.29, 0.717) is 12.4 Å². The van der Waals surface area contributed by atoms with Crippen LogP contribution in [-0.2, 0) is 19.9 Å². The van der Waals surface area contributed by atoms with Gasteiger partial charge in [-0.2, -0.15) is 5.10 Å². The van der Waals surface area contributed by atoms with Crippen LogP contribution in [-0.4, -0.2) is 38.9 Å². The number of hydrogen-bond donors (Lipinski definition) is 1. The fourth-order valence-electron chi connectivity index (χ4n) is 3.67. The molecule has 0 atom stereocenters. The van der Waals surface area contributed by atoms with Gasteiger partial charge in [0.1, 0.15) is 11.4 Å². The third kappa shape index (κ3) is 2.83. The molecule has 0 radical (unpaired) electrons. The largest absolute Gasteiger partial charge is 0.478 e. The highest BCUT2D eigenvalue weighted by molar-refractivity contribution is 5.93. The Kier molecular flexibility index (Phi) is 4.16. The van der Waals surface area contributed by atoms with Crippen LogP contribution in [0.2, 0.25) is 0 Å². The van der Waals surface area contributed by atoms with E-state index < -0.39 is 5.97 Å². The minimum absolute atomic E-state index is 0.246. The van der Waals surface area contributed by atoms with E-state index in [1.165, 1.54) is 5.56 Å². The van der Waals surface area contributed by atoms with E-state index in [0.717, 1.165) is 36.3 Å². The molecular weight excluding hydrogens is 328 g/mol. The van der Waals surface area contributed by atoms with Crippen molar-refractivity contribution in [1.82, 2.24) is 14.8 Å². The molecule has 0 saturated heterocycles. The first-order chi connectivity index (χ1) is 12.6. The number of hydrogen-bond acceptors (Lipinski definition) is 4. The topological polar surface area (TPSA) is 71.2 Å². The second-order valence-corrected chi connectivity index (χ2v) is 6.43. The summed E-state index contributed by atoms with van der Waals surface area (Å²) in [6.07, 6.45) is 3.22. The van der Waals surface area contributed by atoms with Crippen LogP contribution in [0.25, 0.3) is 11.3 Å². The highest BCUT2D eigenvalue weighted by Crippen LogP contribution is 2.29. The minimum Gasteiger partial charge on any atom is -0.478 e. The van der Waals surface area contributed by atoms with E-state index in [1.54, 1.807) is 18.3 Å². The van der Waals surface area contributed by atoms with Crippen LogP contribution < -0.4 is 4.90 Å². The average Bonchev–Trinajstić information content (AvgIpc) is 2.84. The predicted octanol–water partition coefficient (Wildman–Crippen LogP) is 2.79. The van der Waals surface area contributed by atoms with Crippen molar-refractivity contribution in [2.45, 2.75) is 12.8 Å². The summed E-state index contributed by atoms with van der Waals surface area (Å²) < 4.78 is 1.96. The van der Waals surface area contributed by atoms with Crippen LogP contribution in [0.15, 0.2) is 48.7 Å². The van der Waals surface area contributed by atoms with Gasteiger partial charge in [0.25, 0.3) is 0 Å². The number of aromatic carboxylic acids is 1. The SMILES string of the molecule is Cn1nc2c(c1-c1ccccc1)CCN(c1ncccc1C(=O)O)CC2. The van der Waals surface area contributed by atoms with Gasteiger partial charge < -0.3 is 10.0 Å². The second kappa shape index (κ2) is 6.63. The summed E-state index contributed by atoms with van der Waals surface area (Å²) in [5, 5.41) is 14.2. The molecule has 4 rings (SSSR count). The lowest BCUT2D eigenvalue weighted by molar-refractivity contribution is 0.0697. The number of carboxylic acids is 1. The lowest BCUT2D eigenvalue weighted by Gasteiger charge is -2.23. The molecule has 1 aliphatic rings. The summed E-state index contributed by atoms with van der Waals surface area (Å²) in [4.78, 5) is 17.9. The number of fused-ring (bicyclic) bond motifs is 1. The zero-order valence-electron chi connectivity index (χ0n) is 14.6. The molecule has 0 amide bonds. The molecule has 132 valence electrons. The number of anilines is 1. The number of aromatic nitrogens is 3. The number of benzene rings is 1. The summed E-state index contributed by atoms with van der Waals surface area (Å²) >= 11 is 0. The van der Waals surface area contributed by atoms with E-state index in [4.69, 9.17) is 5.10 Å². The lowest BCUT2D eigenvalue weighted by atomic mass is 10.0. The van der Waals surface area contributed by atoms with Crippen molar-refractivity contribution < 1.29 is 9.90 Å². The highest BCUT2D eigenvalue weighted by Gasteiger charge is 2.24. The van der Waals surface area contributed by atoms with Gasteiger partial charge in [-0.15, -0.1) is 0 Å². The molecule has 1 aromatic carbocycles. The summed E-state index contributed by atoms with van der Waals surface area (Å²) in [5.74, 6) is -0.408. The van der Waals surface area contributed by atoms with Crippen molar-refractivity contribution in [3.8, 4) is 11.3 Å². The van der Waals surface area contributed by atoms with Crippen LogP contribution in [0, 0.1) is 0 Å². The molecule has 3 aromatic rings. The highest BCUT2D eigenvalue weighted by atomic mass is 16.4. The maximum absolute atomic E-state index is 11.5. The van der Waals surface area contributed by atoms with Gasteiger partial charge in [-0.25, -0.2) is 9.78 Å². The van der Waals surface area contributed by atoms with Crippen molar-refractivity contribution >= 4 is 11.8 Å². The monoisotopic (exact) mass is 348 g/mol. The molecule has 3 heterocycles. The van der Waals surface area contributed by atoms with Gasteiger partial charge >= 0.3 is 5.97 Å².